The number of hydrogen-bond donors (Lipinski definition) is 1. The van der Waals surface area contributed by atoms with Crippen molar-refractivity contribution in [3.8, 4) is 0 Å². The van der Waals surface area contributed by atoms with Gasteiger partial charge >= 0.3 is 5.97 Å². The van der Waals surface area contributed by atoms with Crippen molar-refractivity contribution in [1.82, 2.24) is 5.32 Å². The van der Waals surface area contributed by atoms with Crippen molar-refractivity contribution in [3.05, 3.63) is 34.9 Å². The first-order chi connectivity index (χ1) is 9.43. The Hall–Kier alpha value is -1.07. The van der Waals surface area contributed by atoms with Crippen molar-refractivity contribution in [1.29, 1.82) is 0 Å². The number of hydrogen-bond acceptors (Lipinski definition) is 3. The Kier molecular flexibility index (Phi) is 7.02. The van der Waals surface area contributed by atoms with Gasteiger partial charge in [-0.3, -0.25) is 9.59 Å². The molecule has 6 heteroatoms. The van der Waals surface area contributed by atoms with E-state index in [2.05, 4.69) is 21.2 Å². The van der Waals surface area contributed by atoms with Gasteiger partial charge in [0.15, 0.2) is 0 Å². The van der Waals surface area contributed by atoms with Gasteiger partial charge in [-0.1, -0.05) is 39.7 Å². The van der Waals surface area contributed by atoms with E-state index in [1.807, 2.05) is 12.1 Å². The summed E-state index contributed by atoms with van der Waals surface area (Å²) in [6.07, 6.45) is 0.487. The van der Waals surface area contributed by atoms with E-state index < -0.39 is 5.92 Å². The lowest BCUT2D eigenvalue weighted by atomic mass is 9.99. The van der Waals surface area contributed by atoms with Crippen LogP contribution in [-0.2, 0) is 20.7 Å². The molecule has 4 nitrogen and oxygen atoms in total. The summed E-state index contributed by atoms with van der Waals surface area (Å²) in [6, 6.07) is 7.25. The Morgan fingerprint density at radius 3 is 2.45 bits per heavy atom. The van der Waals surface area contributed by atoms with Crippen LogP contribution in [0.3, 0.4) is 0 Å². The van der Waals surface area contributed by atoms with Crippen molar-refractivity contribution in [3.63, 3.8) is 0 Å². The number of nitrogens with one attached hydrogen (secondary N) is 1. The molecule has 2 atom stereocenters. The number of carbonyl (C=O) groups excluding carboxylic acids is 2. The topological polar surface area (TPSA) is 55.4 Å². The van der Waals surface area contributed by atoms with Gasteiger partial charge in [0.2, 0.25) is 5.91 Å². The highest BCUT2D eigenvalue weighted by atomic mass is 79.9. The number of ether oxygens (including phenoxy) is 1. The fraction of sp³-hybridized carbons (Fsp3) is 0.429. The number of halogens is 2. The molecule has 20 heavy (non-hydrogen) atoms. The molecule has 0 saturated heterocycles. The molecule has 0 saturated carbocycles. The number of alkyl halides is 1. The number of methoxy groups -OCH3 is 1. The first-order valence-electron chi connectivity index (χ1n) is 6.18. The molecule has 0 bridgehead atoms. The minimum atomic E-state index is -0.420. The lowest BCUT2D eigenvalue weighted by Gasteiger charge is -2.16. The molecular weight excluding hydrogens is 346 g/mol. The molecule has 0 heterocycles. The minimum Gasteiger partial charge on any atom is -0.469 e. The maximum Gasteiger partial charge on any atom is 0.310 e. The summed E-state index contributed by atoms with van der Waals surface area (Å²) in [5.74, 6) is -0.922. The second kappa shape index (κ2) is 8.27. The predicted octanol–water partition coefficient (Wildman–Crippen LogP) is 2.57. The van der Waals surface area contributed by atoms with Crippen LogP contribution < -0.4 is 5.32 Å². The normalized spacial score (nSPS) is 13.4. The fourth-order valence-electron chi connectivity index (χ4n) is 1.67. The zero-order chi connectivity index (χ0) is 15.1. The lowest BCUT2D eigenvalue weighted by molar-refractivity contribution is -0.145. The number of amides is 1. The molecule has 1 aromatic carbocycles. The summed E-state index contributed by atoms with van der Waals surface area (Å²) in [4.78, 5) is 23.0. The number of carbonyl (C=O) groups is 2. The van der Waals surface area contributed by atoms with Crippen molar-refractivity contribution in [2.24, 2.45) is 5.92 Å². The zero-order valence-corrected chi connectivity index (χ0v) is 13.7. The van der Waals surface area contributed by atoms with Crippen molar-refractivity contribution >= 4 is 39.4 Å². The number of benzene rings is 1. The van der Waals surface area contributed by atoms with E-state index in [4.69, 9.17) is 16.3 Å². The van der Waals surface area contributed by atoms with Crippen LogP contribution in [0.4, 0.5) is 0 Å². The molecule has 110 valence electrons. The van der Waals surface area contributed by atoms with Gasteiger partial charge in [-0.05, 0) is 31.0 Å². The monoisotopic (exact) mass is 361 g/mol. The standard InChI is InChI=1S/C14H17BrClNO3/c1-9(15)13(18)17-8-11(14(19)20-2)7-10-3-5-12(16)6-4-10/h3-6,9,11H,7-8H2,1-2H3,(H,17,18)/t9-,11+/m1/s1. The number of rotatable bonds is 6. The van der Waals surface area contributed by atoms with Crippen molar-refractivity contribution in [2.75, 3.05) is 13.7 Å². The molecule has 0 aromatic heterocycles. The van der Waals surface area contributed by atoms with E-state index in [0.717, 1.165) is 5.56 Å². The average Bonchev–Trinajstić information content (AvgIpc) is 2.44. The second-order valence-electron chi connectivity index (χ2n) is 4.41. The van der Waals surface area contributed by atoms with Crippen LogP contribution in [-0.4, -0.2) is 30.4 Å². The first kappa shape index (κ1) is 17.0. The maximum atomic E-state index is 11.8. The molecule has 0 aliphatic carbocycles. The van der Waals surface area contributed by atoms with Gasteiger partial charge in [0.05, 0.1) is 17.9 Å². The third-order valence-corrected chi connectivity index (χ3v) is 3.48. The van der Waals surface area contributed by atoms with Crippen LogP contribution >= 0.6 is 27.5 Å². The van der Waals surface area contributed by atoms with Gasteiger partial charge in [0.1, 0.15) is 0 Å². The lowest BCUT2D eigenvalue weighted by Crippen LogP contribution is -2.37. The smallest absolute Gasteiger partial charge is 0.310 e. The molecule has 0 unspecified atom stereocenters. The van der Waals surface area contributed by atoms with Crippen LogP contribution in [0.5, 0.6) is 0 Å². The Morgan fingerprint density at radius 1 is 1.35 bits per heavy atom. The summed E-state index contributed by atoms with van der Waals surface area (Å²) in [5.41, 5.74) is 0.964. The van der Waals surface area contributed by atoms with Crippen molar-refractivity contribution in [2.45, 2.75) is 18.2 Å². The summed E-state index contributed by atoms with van der Waals surface area (Å²) in [5, 5.41) is 3.36. The molecule has 1 amide bonds. The molecule has 0 radical (unpaired) electrons. The van der Waals surface area contributed by atoms with Crippen LogP contribution in [0.15, 0.2) is 24.3 Å². The fourth-order valence-corrected chi connectivity index (χ4v) is 1.96. The van der Waals surface area contributed by atoms with E-state index in [1.165, 1.54) is 7.11 Å². The predicted molar refractivity (Wildman–Crippen MR) is 82.1 cm³/mol. The van der Waals surface area contributed by atoms with Gasteiger partial charge in [0, 0.05) is 11.6 Å². The molecular formula is C14H17BrClNO3. The Morgan fingerprint density at radius 2 is 1.95 bits per heavy atom. The molecule has 0 spiro atoms. The van der Waals surface area contributed by atoms with Crippen LogP contribution in [0.25, 0.3) is 0 Å². The van der Waals surface area contributed by atoms with E-state index in [1.54, 1.807) is 19.1 Å². The molecule has 1 rings (SSSR count). The van der Waals surface area contributed by atoms with Crippen LogP contribution in [0, 0.1) is 5.92 Å². The Bertz CT molecular complexity index is 462. The summed E-state index contributed by atoms with van der Waals surface area (Å²) < 4.78 is 4.77. The van der Waals surface area contributed by atoms with E-state index in [0.29, 0.717) is 11.4 Å². The quantitative estimate of drug-likeness (QED) is 0.625. The molecule has 1 N–H and O–H groups in total. The van der Waals surface area contributed by atoms with E-state index >= 15 is 0 Å². The highest BCUT2D eigenvalue weighted by Crippen LogP contribution is 2.14. The summed E-state index contributed by atoms with van der Waals surface area (Å²) in [7, 11) is 1.34. The third-order valence-electron chi connectivity index (χ3n) is 2.81. The largest absolute Gasteiger partial charge is 0.469 e. The highest BCUT2D eigenvalue weighted by Gasteiger charge is 2.21. The molecule has 0 aliphatic heterocycles. The van der Waals surface area contributed by atoms with Gasteiger partial charge in [0.25, 0.3) is 0 Å². The molecule has 1 aromatic rings. The summed E-state index contributed by atoms with van der Waals surface area (Å²) >= 11 is 9.00. The average molecular weight is 363 g/mol. The minimum absolute atomic E-state index is 0.157. The van der Waals surface area contributed by atoms with Gasteiger partial charge in [-0.2, -0.15) is 0 Å². The Labute approximate surface area is 132 Å². The molecule has 0 aliphatic rings. The Balaban J connectivity index is 2.67. The maximum absolute atomic E-state index is 11.8. The van der Waals surface area contributed by atoms with Crippen LogP contribution in [0.2, 0.25) is 5.02 Å². The van der Waals surface area contributed by atoms with E-state index in [9.17, 15) is 9.59 Å². The van der Waals surface area contributed by atoms with Gasteiger partial charge in [-0.15, -0.1) is 0 Å². The van der Waals surface area contributed by atoms with Crippen molar-refractivity contribution < 1.29 is 14.3 Å². The highest BCUT2D eigenvalue weighted by molar-refractivity contribution is 9.10. The zero-order valence-electron chi connectivity index (χ0n) is 11.4. The summed E-state index contributed by atoms with van der Waals surface area (Å²) in [6.45, 7) is 1.96. The van der Waals surface area contributed by atoms with E-state index in [-0.39, 0.29) is 23.2 Å². The SMILES string of the molecule is COC(=O)[C@H](CNC(=O)[C@@H](C)Br)Cc1ccc(Cl)cc1. The van der Waals surface area contributed by atoms with Gasteiger partial charge < -0.3 is 10.1 Å². The molecule has 0 fully saturated rings. The van der Waals surface area contributed by atoms with Crippen LogP contribution in [0.1, 0.15) is 12.5 Å². The first-order valence-corrected chi connectivity index (χ1v) is 7.47. The number of esters is 1. The van der Waals surface area contributed by atoms with Gasteiger partial charge in [-0.25, -0.2) is 0 Å². The third kappa shape index (κ3) is 5.51. The second-order valence-corrected chi connectivity index (χ2v) is 6.22.